The van der Waals surface area contributed by atoms with Crippen molar-refractivity contribution in [3.05, 3.63) is 78.1 Å². The first-order valence-electron chi connectivity index (χ1n) is 7.62. The maximum Gasteiger partial charge on any atom is 0.318 e. The van der Waals surface area contributed by atoms with Crippen molar-refractivity contribution in [2.75, 3.05) is 14.2 Å². The smallest absolute Gasteiger partial charge is 0.318 e. The van der Waals surface area contributed by atoms with Gasteiger partial charge in [-0.25, -0.2) is 0 Å². The minimum absolute atomic E-state index is 0.000684. The van der Waals surface area contributed by atoms with Gasteiger partial charge in [-0.15, -0.1) is 0 Å². The molecule has 25 heavy (non-hydrogen) atoms. The summed E-state index contributed by atoms with van der Waals surface area (Å²) in [5, 5.41) is 0. The second kappa shape index (κ2) is 12.2. The van der Waals surface area contributed by atoms with E-state index in [0.29, 0.717) is 12.2 Å². The molecule has 134 valence electrons. The highest BCUT2D eigenvalue weighted by atomic mass is 31.1. The van der Waals surface area contributed by atoms with Gasteiger partial charge in [-0.2, -0.15) is 0 Å². The summed E-state index contributed by atoms with van der Waals surface area (Å²) in [6.45, 7) is 2.01. The van der Waals surface area contributed by atoms with E-state index in [9.17, 15) is 9.36 Å². The highest BCUT2D eigenvalue weighted by Crippen LogP contribution is 2.18. The van der Waals surface area contributed by atoms with Gasteiger partial charge in [0.2, 0.25) is 0 Å². The molecule has 2 rings (SSSR count). The van der Waals surface area contributed by atoms with Crippen LogP contribution >= 0.6 is 8.25 Å². The number of ether oxygens (including phenoxy) is 1. The standard InChI is InChI=1S/C17H16O2.C2H7O3P/c1-14(18)17(16-10-6-3-7-11-16)13-19-12-15-8-4-2-5-9-15;1-4-6(3)5-2/h2-11,13H,12H2,1H3;6H,1-2H3/b17-13-;. The number of hydrogen-bond acceptors (Lipinski definition) is 5. The van der Waals surface area contributed by atoms with Gasteiger partial charge in [0.25, 0.3) is 0 Å². The zero-order valence-corrected chi connectivity index (χ0v) is 15.6. The quantitative estimate of drug-likeness (QED) is 0.412. The summed E-state index contributed by atoms with van der Waals surface area (Å²) in [6.07, 6.45) is 1.55. The van der Waals surface area contributed by atoms with Crippen LogP contribution in [0.5, 0.6) is 0 Å². The number of allylic oxidation sites excluding steroid dienone is 1. The molecule has 0 amide bonds. The SMILES string of the molecule is CC(=O)/C(=C/OCc1ccccc1)c1ccccc1.CO[PH](=O)OC. The Balaban J connectivity index is 0.000000450. The van der Waals surface area contributed by atoms with Crippen LogP contribution in [0.1, 0.15) is 18.1 Å². The van der Waals surface area contributed by atoms with Gasteiger partial charge in [0, 0.05) is 14.2 Å². The lowest BCUT2D eigenvalue weighted by Gasteiger charge is -2.06. The molecule has 0 aliphatic rings. The normalized spacial score (nSPS) is 10.8. The van der Waals surface area contributed by atoms with Crippen LogP contribution in [0.2, 0.25) is 0 Å². The summed E-state index contributed by atoms with van der Waals surface area (Å²) in [5.41, 5.74) is 2.55. The third kappa shape index (κ3) is 8.45. The van der Waals surface area contributed by atoms with Crippen molar-refractivity contribution in [3.8, 4) is 0 Å². The lowest BCUT2D eigenvalue weighted by Crippen LogP contribution is -1.97. The first-order chi connectivity index (χ1) is 12.1. The number of carbonyl (C=O) groups excluding carboxylic acids is 1. The molecule has 6 heteroatoms. The monoisotopic (exact) mass is 362 g/mol. The van der Waals surface area contributed by atoms with Gasteiger partial charge in [-0.05, 0) is 18.1 Å². The molecule has 0 aliphatic heterocycles. The molecule has 0 aliphatic carbocycles. The Morgan fingerprint density at radius 3 is 1.92 bits per heavy atom. The van der Waals surface area contributed by atoms with Crippen LogP contribution in [-0.4, -0.2) is 20.0 Å². The molecule has 0 saturated heterocycles. The molecule has 0 saturated carbocycles. The molecule has 0 radical (unpaired) electrons. The lowest BCUT2D eigenvalue weighted by atomic mass is 10.0. The van der Waals surface area contributed by atoms with Crippen molar-refractivity contribution >= 4 is 19.6 Å². The van der Waals surface area contributed by atoms with Gasteiger partial charge in [0.05, 0.1) is 11.8 Å². The van der Waals surface area contributed by atoms with Crippen molar-refractivity contribution in [1.82, 2.24) is 0 Å². The number of carbonyl (C=O) groups is 1. The second-order valence-electron chi connectivity index (χ2n) is 4.91. The third-order valence-corrected chi connectivity index (χ3v) is 3.76. The van der Waals surface area contributed by atoms with Crippen molar-refractivity contribution < 1.29 is 23.1 Å². The van der Waals surface area contributed by atoms with E-state index in [1.807, 2.05) is 60.7 Å². The molecule has 2 aromatic carbocycles. The number of benzene rings is 2. The van der Waals surface area contributed by atoms with Gasteiger partial charge in [0.1, 0.15) is 6.61 Å². The van der Waals surface area contributed by atoms with E-state index in [-0.39, 0.29) is 5.78 Å². The largest absolute Gasteiger partial charge is 0.496 e. The summed E-state index contributed by atoms with van der Waals surface area (Å²) in [4.78, 5) is 11.6. The summed E-state index contributed by atoms with van der Waals surface area (Å²) in [7, 11) is 0.558. The van der Waals surface area contributed by atoms with E-state index in [4.69, 9.17) is 4.74 Å². The topological polar surface area (TPSA) is 61.8 Å². The Kier molecular flexibility index (Phi) is 10.2. The molecule has 0 bridgehead atoms. The van der Waals surface area contributed by atoms with E-state index in [2.05, 4.69) is 9.05 Å². The van der Waals surface area contributed by atoms with Crippen molar-refractivity contribution in [1.29, 1.82) is 0 Å². The molecule has 0 spiro atoms. The minimum atomic E-state index is -2.12. The fourth-order valence-corrected chi connectivity index (χ4v) is 2.02. The summed E-state index contributed by atoms with van der Waals surface area (Å²) in [5.74, 6) is -0.000684. The molecule has 0 unspecified atom stereocenters. The van der Waals surface area contributed by atoms with Crippen molar-refractivity contribution in [3.63, 3.8) is 0 Å². The van der Waals surface area contributed by atoms with E-state index >= 15 is 0 Å². The number of hydrogen-bond donors (Lipinski definition) is 0. The zero-order valence-electron chi connectivity index (χ0n) is 14.6. The van der Waals surface area contributed by atoms with Gasteiger partial charge < -0.3 is 13.8 Å². The van der Waals surface area contributed by atoms with Crippen LogP contribution in [0.3, 0.4) is 0 Å². The molecule has 0 fully saturated rings. The molecule has 5 nitrogen and oxygen atoms in total. The molecular weight excluding hydrogens is 339 g/mol. The second-order valence-corrected chi connectivity index (χ2v) is 6.23. The van der Waals surface area contributed by atoms with Gasteiger partial charge in [-0.1, -0.05) is 60.7 Å². The van der Waals surface area contributed by atoms with E-state index in [0.717, 1.165) is 11.1 Å². The number of Topliss-reactive ketones (excluding diaryl/α,β-unsaturated/α-hetero) is 1. The Labute approximate surface area is 149 Å². The summed E-state index contributed by atoms with van der Waals surface area (Å²) in [6, 6.07) is 19.4. The summed E-state index contributed by atoms with van der Waals surface area (Å²) < 4.78 is 23.9. The zero-order chi connectivity index (χ0) is 18.5. The minimum Gasteiger partial charge on any atom is -0.496 e. The van der Waals surface area contributed by atoms with Gasteiger partial charge in [-0.3, -0.25) is 9.36 Å². The van der Waals surface area contributed by atoms with Crippen LogP contribution in [0.25, 0.3) is 5.57 Å². The highest BCUT2D eigenvalue weighted by molar-refractivity contribution is 7.33. The van der Waals surface area contributed by atoms with Crippen LogP contribution in [0.4, 0.5) is 0 Å². The van der Waals surface area contributed by atoms with Crippen LogP contribution in [-0.2, 0) is 29.8 Å². The van der Waals surface area contributed by atoms with Crippen molar-refractivity contribution in [2.45, 2.75) is 13.5 Å². The number of rotatable bonds is 7. The Hall–Kier alpha value is -2.20. The molecule has 0 heterocycles. The Bertz CT molecular complexity index is 677. The fourth-order valence-electron chi connectivity index (χ4n) is 1.85. The van der Waals surface area contributed by atoms with Gasteiger partial charge in [0.15, 0.2) is 5.78 Å². The first kappa shape index (κ1) is 20.8. The van der Waals surface area contributed by atoms with Gasteiger partial charge >= 0.3 is 8.25 Å². The predicted octanol–water partition coefficient (Wildman–Crippen LogP) is 4.50. The maximum absolute atomic E-state index is 11.6. The summed E-state index contributed by atoms with van der Waals surface area (Å²) >= 11 is 0. The molecule has 2 aromatic rings. The lowest BCUT2D eigenvalue weighted by molar-refractivity contribution is -0.111. The molecule has 0 atom stereocenters. The van der Waals surface area contributed by atoms with Crippen LogP contribution in [0.15, 0.2) is 66.9 Å². The molecule has 0 aromatic heterocycles. The fraction of sp³-hybridized carbons (Fsp3) is 0.211. The number of ketones is 1. The van der Waals surface area contributed by atoms with E-state index in [1.165, 1.54) is 14.2 Å². The molecule has 0 N–H and O–H groups in total. The average molecular weight is 362 g/mol. The predicted molar refractivity (Wildman–Crippen MR) is 99.4 cm³/mol. The first-order valence-corrected chi connectivity index (χ1v) is 8.85. The van der Waals surface area contributed by atoms with E-state index in [1.54, 1.807) is 13.2 Å². The third-order valence-electron chi connectivity index (χ3n) is 3.09. The molecular formula is C19H23O5P. The highest BCUT2D eigenvalue weighted by Gasteiger charge is 2.06. The Morgan fingerprint density at radius 1 is 0.960 bits per heavy atom. The van der Waals surface area contributed by atoms with Crippen LogP contribution in [0, 0.1) is 0 Å². The van der Waals surface area contributed by atoms with Crippen molar-refractivity contribution in [2.24, 2.45) is 0 Å². The average Bonchev–Trinajstić information content (AvgIpc) is 2.66. The van der Waals surface area contributed by atoms with E-state index < -0.39 is 8.25 Å². The Morgan fingerprint density at radius 2 is 1.48 bits per heavy atom. The van der Waals surface area contributed by atoms with Crippen LogP contribution < -0.4 is 0 Å². The maximum atomic E-state index is 11.6.